The molecule has 0 radical (unpaired) electrons. The van der Waals surface area contributed by atoms with Crippen LogP contribution in [-0.2, 0) is 28.6 Å². The maximum Gasteiger partial charge on any atom is 0.310 e. The van der Waals surface area contributed by atoms with Gasteiger partial charge in [0.05, 0.1) is 6.42 Å². The number of allylic oxidation sites excluding steroid dienone is 21. The summed E-state index contributed by atoms with van der Waals surface area (Å²) in [6.07, 6.45) is 73.1. The second-order valence-electron chi connectivity index (χ2n) is 16.3. The van der Waals surface area contributed by atoms with E-state index in [2.05, 4.69) is 142 Å². The third kappa shape index (κ3) is 50.4. The molecule has 0 amide bonds. The first-order valence-electron chi connectivity index (χ1n) is 25.7. The zero-order valence-electron chi connectivity index (χ0n) is 41.4. The summed E-state index contributed by atoms with van der Waals surface area (Å²) in [4.78, 5) is 37.9. The molecule has 0 rings (SSSR count). The average molecular weight is 897 g/mol. The second-order valence-corrected chi connectivity index (χ2v) is 16.3. The topological polar surface area (TPSA) is 78.9 Å². The van der Waals surface area contributed by atoms with Gasteiger partial charge in [-0.25, -0.2) is 0 Å². The predicted octanol–water partition coefficient (Wildman–Crippen LogP) is 17.1. The van der Waals surface area contributed by atoms with Crippen LogP contribution in [0.2, 0.25) is 0 Å². The molecular weight excluding hydrogens is 805 g/mol. The molecule has 0 heterocycles. The van der Waals surface area contributed by atoms with Gasteiger partial charge in [0, 0.05) is 12.8 Å². The van der Waals surface area contributed by atoms with E-state index in [9.17, 15) is 14.4 Å². The first kappa shape index (κ1) is 60.5. The molecule has 65 heavy (non-hydrogen) atoms. The monoisotopic (exact) mass is 897 g/mol. The minimum atomic E-state index is -0.848. The van der Waals surface area contributed by atoms with Gasteiger partial charge in [-0.1, -0.05) is 206 Å². The highest BCUT2D eigenvalue weighted by atomic mass is 16.6. The van der Waals surface area contributed by atoms with Crippen molar-refractivity contribution in [2.24, 2.45) is 0 Å². The van der Waals surface area contributed by atoms with Gasteiger partial charge in [-0.05, 0) is 109 Å². The lowest BCUT2D eigenvalue weighted by Crippen LogP contribution is -2.30. The van der Waals surface area contributed by atoms with Gasteiger partial charge in [0.15, 0.2) is 6.10 Å². The van der Waals surface area contributed by atoms with Crippen LogP contribution < -0.4 is 0 Å². The van der Waals surface area contributed by atoms with E-state index in [0.29, 0.717) is 19.3 Å². The quantitative estimate of drug-likeness (QED) is 0.0262. The molecule has 0 bridgehead atoms. The third-order valence-electron chi connectivity index (χ3n) is 10.2. The average Bonchev–Trinajstić information content (AvgIpc) is 3.30. The summed E-state index contributed by atoms with van der Waals surface area (Å²) in [5.41, 5.74) is 0. The molecule has 0 fully saturated rings. The Labute approximate surface area is 398 Å². The molecule has 0 N–H and O–H groups in total. The number of carbonyl (C=O) groups excluding carboxylic acids is 3. The summed E-state index contributed by atoms with van der Waals surface area (Å²) >= 11 is 0. The van der Waals surface area contributed by atoms with Crippen molar-refractivity contribution in [3.05, 3.63) is 134 Å². The van der Waals surface area contributed by atoms with Crippen LogP contribution in [0.4, 0.5) is 0 Å². The molecule has 6 heteroatoms. The Bertz CT molecular complexity index is 1450. The number of esters is 3. The normalized spacial score (nSPS) is 13.2. The number of unbranched alkanes of at least 4 members (excludes halogenated alkanes) is 12. The molecule has 0 saturated heterocycles. The van der Waals surface area contributed by atoms with Gasteiger partial charge in [0.25, 0.3) is 0 Å². The van der Waals surface area contributed by atoms with Crippen LogP contribution in [0.1, 0.15) is 201 Å². The van der Waals surface area contributed by atoms with Crippen molar-refractivity contribution in [1.82, 2.24) is 0 Å². The Morgan fingerprint density at radius 2 is 0.600 bits per heavy atom. The maximum atomic E-state index is 12.7. The Kier molecular flexibility index (Phi) is 48.6. The molecule has 1 atom stereocenters. The summed E-state index contributed by atoms with van der Waals surface area (Å²) < 4.78 is 16.7. The van der Waals surface area contributed by atoms with E-state index in [-0.39, 0.29) is 31.6 Å². The number of ether oxygens (including phenoxy) is 3. The summed E-state index contributed by atoms with van der Waals surface area (Å²) in [6, 6.07) is 0. The molecule has 0 aliphatic heterocycles. The van der Waals surface area contributed by atoms with Gasteiger partial charge in [-0.3, -0.25) is 14.4 Å². The van der Waals surface area contributed by atoms with E-state index in [4.69, 9.17) is 14.2 Å². The molecule has 0 aliphatic rings. The van der Waals surface area contributed by atoms with E-state index in [1.807, 2.05) is 6.08 Å². The minimum Gasteiger partial charge on any atom is -0.462 e. The molecule has 0 aliphatic carbocycles. The maximum absolute atomic E-state index is 12.7. The Hall–Kier alpha value is -4.45. The molecule has 0 spiro atoms. The summed E-state index contributed by atoms with van der Waals surface area (Å²) in [7, 11) is 0. The highest BCUT2D eigenvalue weighted by Gasteiger charge is 2.19. The van der Waals surface area contributed by atoms with Crippen LogP contribution in [0.3, 0.4) is 0 Å². The first-order valence-corrected chi connectivity index (χ1v) is 25.7. The van der Waals surface area contributed by atoms with Crippen molar-refractivity contribution in [2.75, 3.05) is 13.2 Å². The fourth-order valence-electron chi connectivity index (χ4n) is 6.43. The van der Waals surface area contributed by atoms with Gasteiger partial charge in [0.2, 0.25) is 0 Å². The Morgan fingerprint density at radius 3 is 0.938 bits per heavy atom. The van der Waals surface area contributed by atoms with Gasteiger partial charge in [-0.15, -0.1) is 0 Å². The second kappa shape index (κ2) is 52.2. The summed E-state index contributed by atoms with van der Waals surface area (Å²) in [5.74, 6) is -1.10. The van der Waals surface area contributed by atoms with Crippen LogP contribution >= 0.6 is 0 Å². The van der Waals surface area contributed by atoms with Crippen LogP contribution in [-0.4, -0.2) is 37.2 Å². The van der Waals surface area contributed by atoms with Crippen molar-refractivity contribution in [3.63, 3.8) is 0 Å². The SMILES string of the molecule is CC/C=C\C/C=C\C/C=C\C/C=C\C/C=C\CC(=O)OC(COC(=O)CCCCCCC/C=C\C/C=C\C/C=C\CC)COC(=O)CCCCCCCCC/C=C\C/C=C\C/C=C\CC. The highest BCUT2D eigenvalue weighted by Crippen LogP contribution is 2.12. The fraction of sp³-hybridized carbons (Fsp3) is 0.576. The van der Waals surface area contributed by atoms with Crippen LogP contribution in [0.5, 0.6) is 0 Å². The van der Waals surface area contributed by atoms with E-state index >= 15 is 0 Å². The largest absolute Gasteiger partial charge is 0.462 e. The van der Waals surface area contributed by atoms with Gasteiger partial charge >= 0.3 is 17.9 Å². The molecule has 1 unspecified atom stereocenters. The highest BCUT2D eigenvalue weighted by molar-refractivity contribution is 5.72. The lowest BCUT2D eigenvalue weighted by Gasteiger charge is -2.18. The van der Waals surface area contributed by atoms with Crippen LogP contribution in [0, 0.1) is 0 Å². The van der Waals surface area contributed by atoms with Crippen molar-refractivity contribution in [3.8, 4) is 0 Å². The Morgan fingerprint density at radius 1 is 0.323 bits per heavy atom. The van der Waals surface area contributed by atoms with Gasteiger partial charge in [-0.2, -0.15) is 0 Å². The molecular formula is C59H92O6. The zero-order chi connectivity index (χ0) is 47.2. The van der Waals surface area contributed by atoms with Crippen LogP contribution in [0.15, 0.2) is 134 Å². The van der Waals surface area contributed by atoms with Crippen molar-refractivity contribution in [1.29, 1.82) is 0 Å². The lowest BCUT2D eigenvalue weighted by molar-refractivity contribution is -0.166. The molecule has 0 aromatic carbocycles. The Balaban J connectivity index is 4.57. The lowest BCUT2D eigenvalue weighted by atomic mass is 10.1. The minimum absolute atomic E-state index is 0.0847. The molecule has 0 saturated carbocycles. The van der Waals surface area contributed by atoms with E-state index in [0.717, 1.165) is 128 Å². The number of hydrogen-bond donors (Lipinski definition) is 0. The van der Waals surface area contributed by atoms with Crippen molar-refractivity contribution < 1.29 is 28.6 Å². The third-order valence-corrected chi connectivity index (χ3v) is 10.2. The summed E-state index contributed by atoms with van der Waals surface area (Å²) in [6.45, 7) is 6.17. The molecule has 0 aromatic heterocycles. The molecule has 0 aromatic rings. The number of rotatable bonds is 44. The summed E-state index contributed by atoms with van der Waals surface area (Å²) in [5, 5.41) is 0. The standard InChI is InChI=1S/C59H92O6/c1-4-7-10-13-16-19-22-25-28-29-32-34-37-40-43-46-49-52-58(61)64-55-56(65-59(62)53-50-47-44-41-38-35-31-27-24-21-18-15-12-9-6-3)54-63-57(60)51-48-45-42-39-36-33-30-26-23-20-17-14-11-8-5-2/h7-12,16-21,25-28,30-31,38,41,47,50,56H,4-6,13-15,22-24,29,32-37,39-40,42-46,48-49,51-55H2,1-3H3/b10-7-,11-8-,12-9-,19-16-,20-17-,21-18-,28-25-,30-26-,31-27-,41-38-,50-47-. The van der Waals surface area contributed by atoms with Crippen LogP contribution in [0.25, 0.3) is 0 Å². The number of hydrogen-bond acceptors (Lipinski definition) is 6. The zero-order valence-corrected chi connectivity index (χ0v) is 41.4. The van der Waals surface area contributed by atoms with Crippen molar-refractivity contribution in [2.45, 2.75) is 207 Å². The van der Waals surface area contributed by atoms with E-state index in [1.54, 1.807) is 6.08 Å². The van der Waals surface area contributed by atoms with Gasteiger partial charge < -0.3 is 14.2 Å². The molecule has 364 valence electrons. The van der Waals surface area contributed by atoms with Gasteiger partial charge in [0.1, 0.15) is 13.2 Å². The number of carbonyl (C=O) groups is 3. The fourth-order valence-corrected chi connectivity index (χ4v) is 6.43. The van der Waals surface area contributed by atoms with E-state index < -0.39 is 12.1 Å². The smallest absolute Gasteiger partial charge is 0.310 e. The first-order chi connectivity index (χ1) is 32.0. The predicted molar refractivity (Wildman–Crippen MR) is 279 cm³/mol. The van der Waals surface area contributed by atoms with Crippen molar-refractivity contribution >= 4 is 17.9 Å². The van der Waals surface area contributed by atoms with E-state index in [1.165, 1.54) is 25.7 Å². The molecule has 6 nitrogen and oxygen atoms in total.